The molecule has 2 N–H and O–H groups in total. The highest BCUT2D eigenvalue weighted by molar-refractivity contribution is 7.92. The van der Waals surface area contributed by atoms with Crippen LogP contribution in [-0.2, 0) is 16.4 Å². The van der Waals surface area contributed by atoms with E-state index in [1.165, 1.54) is 4.31 Å². The summed E-state index contributed by atoms with van der Waals surface area (Å²) in [5.74, 6) is 0. The Morgan fingerprint density at radius 2 is 1.81 bits per heavy atom. The summed E-state index contributed by atoms with van der Waals surface area (Å²) in [5, 5.41) is 0. The fourth-order valence-electron chi connectivity index (χ4n) is 2.81. The van der Waals surface area contributed by atoms with E-state index in [1.807, 2.05) is 32.0 Å². The number of nitrogen functional groups attached to an aromatic ring is 1. The van der Waals surface area contributed by atoms with E-state index in [2.05, 4.69) is 0 Å². The van der Waals surface area contributed by atoms with Crippen molar-refractivity contribution in [2.75, 3.05) is 10.0 Å². The second-order valence-corrected chi connectivity index (χ2v) is 7.37. The van der Waals surface area contributed by atoms with Gasteiger partial charge in [0, 0.05) is 11.7 Å². The number of sulfonamides is 1. The van der Waals surface area contributed by atoms with E-state index in [0.29, 0.717) is 17.0 Å². The molecule has 1 unspecified atom stereocenters. The van der Waals surface area contributed by atoms with Gasteiger partial charge in [-0.15, -0.1) is 0 Å². The largest absolute Gasteiger partial charge is 0.399 e. The maximum absolute atomic E-state index is 12.9. The zero-order valence-corrected chi connectivity index (χ0v) is 12.9. The third kappa shape index (κ3) is 2.27. The highest BCUT2D eigenvalue weighted by atomic mass is 32.2. The number of fused-ring (bicyclic) bond motifs is 1. The molecule has 1 heterocycles. The molecule has 1 aliphatic rings. The number of anilines is 2. The van der Waals surface area contributed by atoms with E-state index in [0.717, 1.165) is 16.8 Å². The third-order valence-corrected chi connectivity index (χ3v) is 5.78. The lowest BCUT2D eigenvalue weighted by Gasteiger charge is -2.24. The molecule has 0 fully saturated rings. The Morgan fingerprint density at radius 3 is 2.48 bits per heavy atom. The molecule has 5 heteroatoms. The van der Waals surface area contributed by atoms with E-state index in [-0.39, 0.29) is 6.04 Å². The van der Waals surface area contributed by atoms with Gasteiger partial charge in [0.15, 0.2) is 0 Å². The Balaban J connectivity index is 2.10. The predicted molar refractivity (Wildman–Crippen MR) is 84.9 cm³/mol. The molecule has 0 amide bonds. The standard InChI is InChI=1S/C16H18N2O2S/c1-11-3-6-15(7-4-11)21(19,20)18-12(2)9-13-10-14(17)5-8-16(13)18/h3-8,10,12H,9,17H2,1-2H3. The Labute approximate surface area is 125 Å². The molecular weight excluding hydrogens is 284 g/mol. The molecule has 0 bridgehead atoms. The normalized spacial score (nSPS) is 17.8. The molecule has 2 aromatic carbocycles. The zero-order valence-electron chi connectivity index (χ0n) is 12.1. The van der Waals surface area contributed by atoms with Crippen LogP contribution in [0.15, 0.2) is 47.4 Å². The average Bonchev–Trinajstić information content (AvgIpc) is 2.74. The first-order valence-electron chi connectivity index (χ1n) is 6.89. The molecule has 0 radical (unpaired) electrons. The van der Waals surface area contributed by atoms with Crippen LogP contribution in [0.1, 0.15) is 18.1 Å². The van der Waals surface area contributed by atoms with E-state index in [4.69, 9.17) is 5.73 Å². The number of hydrogen-bond acceptors (Lipinski definition) is 3. The van der Waals surface area contributed by atoms with Crippen molar-refractivity contribution in [2.45, 2.75) is 31.2 Å². The van der Waals surface area contributed by atoms with Crippen LogP contribution in [0.2, 0.25) is 0 Å². The molecule has 0 aliphatic carbocycles. The van der Waals surface area contributed by atoms with Crippen molar-refractivity contribution in [1.82, 2.24) is 0 Å². The van der Waals surface area contributed by atoms with Crippen molar-refractivity contribution < 1.29 is 8.42 Å². The predicted octanol–water partition coefficient (Wildman–Crippen LogP) is 2.72. The number of nitrogens with two attached hydrogens (primary N) is 1. The smallest absolute Gasteiger partial charge is 0.264 e. The zero-order chi connectivity index (χ0) is 15.2. The summed E-state index contributed by atoms with van der Waals surface area (Å²) in [7, 11) is -3.54. The fraction of sp³-hybridized carbons (Fsp3) is 0.250. The second-order valence-electron chi connectivity index (χ2n) is 5.56. The molecule has 21 heavy (non-hydrogen) atoms. The molecule has 110 valence electrons. The van der Waals surface area contributed by atoms with Crippen molar-refractivity contribution >= 4 is 21.4 Å². The first-order chi connectivity index (χ1) is 9.89. The fourth-order valence-corrected chi connectivity index (χ4v) is 4.51. The molecule has 0 spiro atoms. The first kappa shape index (κ1) is 13.9. The molecule has 0 saturated carbocycles. The molecule has 3 rings (SSSR count). The summed E-state index contributed by atoms with van der Waals surface area (Å²) >= 11 is 0. The summed E-state index contributed by atoms with van der Waals surface area (Å²) in [6.07, 6.45) is 0.686. The van der Waals surface area contributed by atoms with Gasteiger partial charge >= 0.3 is 0 Å². The lowest BCUT2D eigenvalue weighted by molar-refractivity contribution is 0.584. The van der Waals surface area contributed by atoms with Crippen LogP contribution in [0, 0.1) is 6.92 Å². The summed E-state index contributed by atoms with van der Waals surface area (Å²) in [4.78, 5) is 0.324. The maximum Gasteiger partial charge on any atom is 0.264 e. The second kappa shape index (κ2) is 4.77. The van der Waals surface area contributed by atoms with Crippen LogP contribution in [-0.4, -0.2) is 14.5 Å². The minimum absolute atomic E-state index is 0.104. The molecule has 1 atom stereocenters. The van der Waals surface area contributed by atoms with Gasteiger partial charge in [0.05, 0.1) is 10.6 Å². The third-order valence-electron chi connectivity index (χ3n) is 3.83. The Morgan fingerprint density at radius 1 is 1.14 bits per heavy atom. The van der Waals surface area contributed by atoms with Gasteiger partial charge in [-0.2, -0.15) is 0 Å². The van der Waals surface area contributed by atoms with E-state index >= 15 is 0 Å². The van der Waals surface area contributed by atoms with Crippen molar-refractivity contribution in [1.29, 1.82) is 0 Å². The number of nitrogens with zero attached hydrogens (tertiary/aromatic N) is 1. The van der Waals surface area contributed by atoms with E-state index in [1.54, 1.807) is 24.3 Å². The monoisotopic (exact) mass is 302 g/mol. The summed E-state index contributed by atoms with van der Waals surface area (Å²) < 4.78 is 27.3. The van der Waals surface area contributed by atoms with Crippen LogP contribution in [0.25, 0.3) is 0 Å². The van der Waals surface area contributed by atoms with E-state index < -0.39 is 10.0 Å². The van der Waals surface area contributed by atoms with Gasteiger partial charge in [-0.05, 0) is 56.2 Å². The van der Waals surface area contributed by atoms with Crippen molar-refractivity contribution in [3.8, 4) is 0 Å². The molecule has 2 aromatic rings. The lowest BCUT2D eigenvalue weighted by atomic mass is 10.1. The van der Waals surface area contributed by atoms with Gasteiger partial charge in [0.1, 0.15) is 0 Å². The van der Waals surface area contributed by atoms with Gasteiger partial charge in [-0.1, -0.05) is 17.7 Å². The summed E-state index contributed by atoms with van der Waals surface area (Å²) in [5.41, 5.74) is 9.21. The Bertz CT molecular complexity index is 782. The molecule has 4 nitrogen and oxygen atoms in total. The number of hydrogen-bond donors (Lipinski definition) is 1. The molecule has 0 aromatic heterocycles. The van der Waals surface area contributed by atoms with Crippen LogP contribution >= 0.6 is 0 Å². The number of rotatable bonds is 2. The van der Waals surface area contributed by atoms with Gasteiger partial charge in [0.2, 0.25) is 0 Å². The van der Waals surface area contributed by atoms with Gasteiger partial charge in [0.25, 0.3) is 10.0 Å². The van der Waals surface area contributed by atoms with Crippen molar-refractivity contribution in [2.24, 2.45) is 0 Å². The SMILES string of the molecule is Cc1ccc(S(=O)(=O)N2c3ccc(N)cc3CC2C)cc1. The Kier molecular flexibility index (Phi) is 3.17. The molecular formula is C16H18N2O2S. The van der Waals surface area contributed by atoms with Crippen LogP contribution in [0.4, 0.5) is 11.4 Å². The molecule has 1 aliphatic heterocycles. The van der Waals surface area contributed by atoms with Gasteiger partial charge < -0.3 is 5.73 Å². The highest BCUT2D eigenvalue weighted by Crippen LogP contribution is 2.37. The maximum atomic E-state index is 12.9. The minimum atomic E-state index is -3.54. The summed E-state index contributed by atoms with van der Waals surface area (Å²) in [6, 6.07) is 12.2. The van der Waals surface area contributed by atoms with Gasteiger partial charge in [-0.3, -0.25) is 4.31 Å². The quantitative estimate of drug-likeness (QED) is 0.868. The Hall–Kier alpha value is -2.01. The van der Waals surface area contributed by atoms with Crippen molar-refractivity contribution in [3.05, 3.63) is 53.6 Å². The van der Waals surface area contributed by atoms with Crippen molar-refractivity contribution in [3.63, 3.8) is 0 Å². The molecule has 0 saturated heterocycles. The minimum Gasteiger partial charge on any atom is -0.399 e. The highest BCUT2D eigenvalue weighted by Gasteiger charge is 2.35. The van der Waals surface area contributed by atoms with Crippen LogP contribution in [0.3, 0.4) is 0 Å². The lowest BCUT2D eigenvalue weighted by Crippen LogP contribution is -2.35. The summed E-state index contributed by atoms with van der Waals surface area (Å²) in [6.45, 7) is 3.86. The van der Waals surface area contributed by atoms with E-state index in [9.17, 15) is 8.42 Å². The number of aryl methyl sites for hydroxylation is 1. The van der Waals surface area contributed by atoms with Crippen LogP contribution in [0.5, 0.6) is 0 Å². The first-order valence-corrected chi connectivity index (χ1v) is 8.33. The number of benzene rings is 2. The topological polar surface area (TPSA) is 63.4 Å². The van der Waals surface area contributed by atoms with Gasteiger partial charge in [-0.25, -0.2) is 8.42 Å². The van der Waals surface area contributed by atoms with Crippen LogP contribution < -0.4 is 10.0 Å². The average molecular weight is 302 g/mol.